The fraction of sp³-hybridized carbons (Fsp3) is 0.316. The Morgan fingerprint density at radius 1 is 1.19 bits per heavy atom. The smallest absolute Gasteiger partial charge is 0.419 e. The van der Waals surface area contributed by atoms with Gasteiger partial charge in [0.05, 0.1) is 12.2 Å². The summed E-state index contributed by atoms with van der Waals surface area (Å²) in [6.07, 6.45) is -6.39. The second kappa shape index (κ2) is 6.44. The first-order valence-electron chi connectivity index (χ1n) is 8.09. The molecule has 2 aromatic rings. The number of nitrogens with two attached hydrogens (primary N) is 1. The maximum atomic E-state index is 13.5. The predicted octanol–water partition coefficient (Wildman–Crippen LogP) is 5.07. The lowest BCUT2D eigenvalue weighted by Crippen LogP contribution is -2.37. The zero-order chi connectivity index (χ0) is 20.0. The number of hydrogen-bond donors (Lipinski definition) is 1. The Balaban J connectivity index is 2.04. The van der Waals surface area contributed by atoms with Gasteiger partial charge in [-0.05, 0) is 29.3 Å². The van der Waals surface area contributed by atoms with Crippen molar-refractivity contribution in [2.45, 2.75) is 26.1 Å². The van der Waals surface area contributed by atoms with Crippen LogP contribution in [0.4, 0.5) is 22.4 Å². The van der Waals surface area contributed by atoms with Gasteiger partial charge in [-0.15, -0.1) is 0 Å². The van der Waals surface area contributed by atoms with E-state index in [-0.39, 0.29) is 12.2 Å². The highest BCUT2D eigenvalue weighted by molar-refractivity contribution is 5.68. The van der Waals surface area contributed by atoms with Crippen molar-refractivity contribution >= 4 is 6.09 Å². The average Bonchev–Trinajstić information content (AvgIpc) is 2.56. The molecule has 144 valence electrons. The molecule has 8 heteroatoms. The molecule has 27 heavy (non-hydrogen) atoms. The lowest BCUT2D eigenvalue weighted by atomic mass is 9.80. The number of benzene rings is 2. The Kier molecular flexibility index (Phi) is 4.53. The number of rotatable bonds is 2. The molecule has 0 saturated heterocycles. The first kappa shape index (κ1) is 19.0. The number of halogens is 4. The minimum Gasteiger partial charge on any atom is -0.492 e. The van der Waals surface area contributed by atoms with Crippen LogP contribution in [-0.2, 0) is 10.9 Å². The molecule has 1 aliphatic rings. The third-order valence-electron chi connectivity index (χ3n) is 4.44. The van der Waals surface area contributed by atoms with Gasteiger partial charge in [-0.25, -0.2) is 9.18 Å². The van der Waals surface area contributed by atoms with Crippen molar-refractivity contribution in [3.63, 3.8) is 0 Å². The van der Waals surface area contributed by atoms with Crippen LogP contribution in [0, 0.1) is 11.2 Å². The van der Waals surface area contributed by atoms with Crippen LogP contribution < -0.4 is 10.5 Å². The minimum atomic E-state index is -4.80. The third-order valence-corrected chi connectivity index (χ3v) is 4.44. The van der Waals surface area contributed by atoms with Crippen molar-refractivity contribution in [1.29, 1.82) is 0 Å². The summed E-state index contributed by atoms with van der Waals surface area (Å²) in [5.41, 5.74) is 4.44. The lowest BCUT2D eigenvalue weighted by molar-refractivity contribution is -0.139. The van der Waals surface area contributed by atoms with Crippen LogP contribution in [-0.4, -0.2) is 12.7 Å². The summed E-state index contributed by atoms with van der Waals surface area (Å²) in [5, 5.41) is 0. The Hall–Kier alpha value is -2.77. The number of primary amides is 1. The molecule has 0 fully saturated rings. The van der Waals surface area contributed by atoms with E-state index in [0.717, 1.165) is 12.1 Å². The second-order valence-corrected chi connectivity index (χ2v) is 7.04. The van der Waals surface area contributed by atoms with Crippen LogP contribution in [0.1, 0.15) is 31.1 Å². The molecular formula is C19H17F4NO3. The Morgan fingerprint density at radius 2 is 1.81 bits per heavy atom. The fourth-order valence-electron chi connectivity index (χ4n) is 3.08. The lowest BCUT2D eigenvalue weighted by Gasteiger charge is -2.38. The second-order valence-electron chi connectivity index (χ2n) is 7.04. The summed E-state index contributed by atoms with van der Waals surface area (Å²) in [6.45, 7) is 3.90. The van der Waals surface area contributed by atoms with E-state index >= 15 is 0 Å². The van der Waals surface area contributed by atoms with E-state index in [2.05, 4.69) is 0 Å². The van der Waals surface area contributed by atoms with Gasteiger partial charge in [0.15, 0.2) is 0 Å². The zero-order valence-electron chi connectivity index (χ0n) is 14.6. The van der Waals surface area contributed by atoms with Gasteiger partial charge in [0, 0.05) is 11.0 Å². The van der Waals surface area contributed by atoms with Gasteiger partial charge in [0.25, 0.3) is 0 Å². The van der Waals surface area contributed by atoms with E-state index in [1.807, 2.05) is 13.8 Å². The number of fused-ring (bicyclic) bond motifs is 1. The van der Waals surface area contributed by atoms with Gasteiger partial charge in [0.1, 0.15) is 17.7 Å². The van der Waals surface area contributed by atoms with Crippen molar-refractivity contribution in [2.24, 2.45) is 11.1 Å². The van der Waals surface area contributed by atoms with E-state index in [4.69, 9.17) is 15.2 Å². The van der Waals surface area contributed by atoms with Gasteiger partial charge in [-0.2, -0.15) is 13.2 Å². The SMILES string of the molecule is CC1(C)COc2cc(-c3ccc(F)c(C(F)(F)F)c3)ccc2C1OC(N)=O. The fourth-order valence-corrected chi connectivity index (χ4v) is 3.08. The monoisotopic (exact) mass is 383 g/mol. The molecule has 3 rings (SSSR count). The van der Waals surface area contributed by atoms with E-state index in [1.165, 1.54) is 12.1 Å². The van der Waals surface area contributed by atoms with E-state index < -0.39 is 35.2 Å². The van der Waals surface area contributed by atoms with Gasteiger partial charge in [-0.3, -0.25) is 0 Å². The van der Waals surface area contributed by atoms with Crippen molar-refractivity contribution in [2.75, 3.05) is 6.61 Å². The maximum absolute atomic E-state index is 13.5. The highest BCUT2D eigenvalue weighted by Gasteiger charge is 2.40. The third kappa shape index (κ3) is 3.70. The number of amides is 1. The van der Waals surface area contributed by atoms with E-state index in [0.29, 0.717) is 16.9 Å². The first-order valence-corrected chi connectivity index (χ1v) is 8.09. The summed E-state index contributed by atoms with van der Waals surface area (Å²) < 4.78 is 63.3. The van der Waals surface area contributed by atoms with E-state index in [1.54, 1.807) is 12.1 Å². The molecule has 2 N–H and O–H groups in total. The Bertz CT molecular complexity index is 893. The molecule has 0 spiro atoms. The van der Waals surface area contributed by atoms with Gasteiger partial charge >= 0.3 is 12.3 Å². The summed E-state index contributed by atoms with van der Waals surface area (Å²) in [7, 11) is 0. The largest absolute Gasteiger partial charge is 0.492 e. The highest BCUT2D eigenvalue weighted by atomic mass is 19.4. The molecular weight excluding hydrogens is 366 g/mol. The number of carbonyl (C=O) groups is 1. The van der Waals surface area contributed by atoms with Crippen molar-refractivity contribution in [3.05, 3.63) is 53.3 Å². The molecule has 0 aliphatic carbocycles. The van der Waals surface area contributed by atoms with Crippen LogP contribution in [0.25, 0.3) is 11.1 Å². The van der Waals surface area contributed by atoms with Gasteiger partial charge in [-0.1, -0.05) is 32.0 Å². The summed E-state index contributed by atoms with van der Waals surface area (Å²) >= 11 is 0. The quantitative estimate of drug-likeness (QED) is 0.737. The van der Waals surface area contributed by atoms with Crippen LogP contribution in [0.2, 0.25) is 0 Å². The molecule has 1 heterocycles. The number of ether oxygens (including phenoxy) is 2. The van der Waals surface area contributed by atoms with Gasteiger partial charge < -0.3 is 15.2 Å². The number of carbonyl (C=O) groups excluding carboxylic acids is 1. The normalized spacial score (nSPS) is 18.4. The number of alkyl halides is 3. The zero-order valence-corrected chi connectivity index (χ0v) is 14.6. The summed E-state index contributed by atoms with van der Waals surface area (Å²) in [5.74, 6) is -0.965. The molecule has 0 bridgehead atoms. The van der Waals surface area contributed by atoms with Crippen LogP contribution in [0.3, 0.4) is 0 Å². The van der Waals surface area contributed by atoms with Crippen LogP contribution in [0.15, 0.2) is 36.4 Å². The standard InChI is InChI=1S/C19H17F4NO3/c1-18(2)9-26-15-8-11(3-5-12(15)16(18)27-17(24)25)10-4-6-14(20)13(7-10)19(21,22)23/h3-8,16H,9H2,1-2H3,(H2,24,25). The molecule has 4 nitrogen and oxygen atoms in total. The van der Waals surface area contributed by atoms with Crippen molar-refractivity contribution < 1.29 is 31.8 Å². The highest BCUT2D eigenvalue weighted by Crippen LogP contribution is 2.46. The first-order chi connectivity index (χ1) is 12.5. The predicted molar refractivity (Wildman–Crippen MR) is 89.5 cm³/mol. The molecule has 0 radical (unpaired) electrons. The summed E-state index contributed by atoms with van der Waals surface area (Å²) in [4.78, 5) is 11.2. The van der Waals surface area contributed by atoms with Crippen molar-refractivity contribution in [3.8, 4) is 16.9 Å². The molecule has 0 aromatic heterocycles. The van der Waals surface area contributed by atoms with Crippen LogP contribution in [0.5, 0.6) is 5.75 Å². The van der Waals surface area contributed by atoms with Crippen LogP contribution >= 0.6 is 0 Å². The number of hydrogen-bond acceptors (Lipinski definition) is 3. The molecule has 1 unspecified atom stereocenters. The molecule has 1 amide bonds. The topological polar surface area (TPSA) is 61.6 Å². The average molecular weight is 383 g/mol. The maximum Gasteiger partial charge on any atom is 0.419 e. The summed E-state index contributed by atoms with van der Waals surface area (Å²) in [6, 6.07) is 7.50. The van der Waals surface area contributed by atoms with Crippen molar-refractivity contribution in [1.82, 2.24) is 0 Å². The Labute approximate surface area is 152 Å². The molecule has 1 aliphatic heterocycles. The molecule has 0 saturated carbocycles. The van der Waals surface area contributed by atoms with Gasteiger partial charge in [0.2, 0.25) is 0 Å². The molecule has 2 aromatic carbocycles. The molecule has 1 atom stereocenters. The van der Waals surface area contributed by atoms with E-state index in [9.17, 15) is 22.4 Å². The minimum absolute atomic E-state index is 0.187. The Morgan fingerprint density at radius 3 is 2.44 bits per heavy atom.